The summed E-state index contributed by atoms with van der Waals surface area (Å²) in [7, 11) is 0. The minimum Gasteiger partial charge on any atom is -0.254 e. The van der Waals surface area contributed by atoms with E-state index in [1.165, 1.54) is 12.4 Å². The molecule has 122 valence electrons. The van der Waals surface area contributed by atoms with Gasteiger partial charge in [-0.2, -0.15) is 13.2 Å². The van der Waals surface area contributed by atoms with Crippen LogP contribution in [0.4, 0.5) is 13.2 Å². The van der Waals surface area contributed by atoms with Gasteiger partial charge in [-0.15, -0.1) is 0 Å². The van der Waals surface area contributed by atoms with Crippen LogP contribution < -0.4 is 0 Å². The van der Waals surface area contributed by atoms with Crippen molar-refractivity contribution in [2.45, 2.75) is 6.18 Å². The first kappa shape index (κ1) is 16.7. The van der Waals surface area contributed by atoms with Gasteiger partial charge in [-0.3, -0.25) is 4.98 Å². The molecule has 3 aromatic rings. The highest BCUT2D eigenvalue weighted by atomic mass is 35.5. The summed E-state index contributed by atoms with van der Waals surface area (Å²) in [5.74, 6) is 0.457. The average Bonchev–Trinajstić information content (AvgIpc) is 2.55. The zero-order valence-electron chi connectivity index (χ0n) is 11.9. The van der Waals surface area contributed by atoms with E-state index < -0.39 is 11.7 Å². The van der Waals surface area contributed by atoms with Crippen LogP contribution in [0, 0.1) is 0 Å². The van der Waals surface area contributed by atoms with Crippen molar-refractivity contribution in [3.63, 3.8) is 0 Å². The minimum absolute atomic E-state index is 0.118. The van der Waals surface area contributed by atoms with Crippen molar-refractivity contribution in [3.05, 3.63) is 64.5 Å². The Morgan fingerprint density at radius 3 is 1.96 bits per heavy atom. The van der Waals surface area contributed by atoms with Gasteiger partial charge in [0.2, 0.25) is 0 Å². The molecule has 24 heavy (non-hydrogen) atoms. The van der Waals surface area contributed by atoms with Crippen molar-refractivity contribution in [1.29, 1.82) is 0 Å². The van der Waals surface area contributed by atoms with E-state index in [0.717, 1.165) is 17.8 Å². The Labute approximate surface area is 145 Å². The predicted molar refractivity (Wildman–Crippen MR) is 85.7 cm³/mol. The lowest BCUT2D eigenvalue weighted by molar-refractivity contribution is -0.137. The summed E-state index contributed by atoms with van der Waals surface area (Å²) in [5, 5.41) is 0.476. The number of pyridine rings is 1. The monoisotopic (exact) mass is 369 g/mol. The lowest BCUT2D eigenvalue weighted by Crippen LogP contribution is -2.06. The summed E-state index contributed by atoms with van der Waals surface area (Å²) in [6, 6.07) is 7.78. The molecule has 3 nitrogen and oxygen atoms in total. The van der Waals surface area contributed by atoms with E-state index in [4.69, 9.17) is 23.2 Å². The fourth-order valence-corrected chi connectivity index (χ4v) is 2.41. The number of hydrogen-bond acceptors (Lipinski definition) is 3. The van der Waals surface area contributed by atoms with Gasteiger partial charge in [0.05, 0.1) is 16.3 Å². The molecule has 0 N–H and O–H groups in total. The Morgan fingerprint density at radius 1 is 0.792 bits per heavy atom. The summed E-state index contributed by atoms with van der Waals surface area (Å²) in [6.45, 7) is 0. The molecule has 8 heteroatoms. The number of alkyl halides is 3. The molecule has 2 heterocycles. The van der Waals surface area contributed by atoms with Crippen molar-refractivity contribution in [3.8, 4) is 22.6 Å². The van der Waals surface area contributed by atoms with E-state index in [1.54, 1.807) is 24.3 Å². The lowest BCUT2D eigenvalue weighted by Gasteiger charge is -2.09. The van der Waals surface area contributed by atoms with Crippen LogP contribution in [0.1, 0.15) is 5.56 Å². The second-order valence-corrected chi connectivity index (χ2v) is 5.70. The summed E-state index contributed by atoms with van der Waals surface area (Å²) >= 11 is 11.7. The Balaban J connectivity index is 1.92. The fourth-order valence-electron chi connectivity index (χ4n) is 2.00. The van der Waals surface area contributed by atoms with Gasteiger partial charge in [0.1, 0.15) is 0 Å². The summed E-state index contributed by atoms with van der Waals surface area (Å²) in [5.41, 5.74) is 0.464. The quantitative estimate of drug-likeness (QED) is 0.595. The molecule has 0 spiro atoms. The molecular weight excluding hydrogens is 362 g/mol. The Morgan fingerprint density at radius 2 is 1.42 bits per heavy atom. The molecule has 0 unspecified atom stereocenters. The molecule has 3 rings (SSSR count). The highest BCUT2D eigenvalue weighted by Gasteiger charge is 2.31. The fraction of sp³-hybridized carbons (Fsp3) is 0.0625. The number of halogens is 5. The third-order valence-electron chi connectivity index (χ3n) is 3.20. The molecule has 0 aliphatic carbocycles. The maximum atomic E-state index is 12.6. The van der Waals surface area contributed by atoms with Crippen LogP contribution in [-0.4, -0.2) is 15.0 Å². The maximum absolute atomic E-state index is 12.6. The average molecular weight is 370 g/mol. The lowest BCUT2D eigenvalue weighted by atomic mass is 10.1. The van der Waals surface area contributed by atoms with Gasteiger partial charge >= 0.3 is 6.18 Å². The number of aromatic nitrogens is 3. The molecule has 0 bridgehead atoms. The van der Waals surface area contributed by atoms with E-state index >= 15 is 0 Å². The second-order valence-electron chi connectivity index (χ2n) is 4.85. The molecule has 0 atom stereocenters. The molecule has 0 aliphatic rings. The van der Waals surface area contributed by atoms with Crippen molar-refractivity contribution in [1.82, 2.24) is 15.0 Å². The highest BCUT2D eigenvalue weighted by molar-refractivity contribution is 6.33. The Bertz CT molecular complexity index is 863. The third-order valence-corrected chi connectivity index (χ3v) is 3.74. The first-order chi connectivity index (χ1) is 11.3. The van der Waals surface area contributed by atoms with E-state index in [0.29, 0.717) is 16.4 Å². The second kappa shape index (κ2) is 6.37. The molecule has 0 saturated carbocycles. The third kappa shape index (κ3) is 3.49. The van der Waals surface area contributed by atoms with Crippen LogP contribution in [0.25, 0.3) is 22.6 Å². The molecule has 0 amide bonds. The number of benzene rings is 1. The summed E-state index contributed by atoms with van der Waals surface area (Å²) < 4.78 is 37.9. The minimum atomic E-state index is -4.50. The van der Waals surface area contributed by atoms with Gasteiger partial charge < -0.3 is 0 Å². The van der Waals surface area contributed by atoms with Crippen LogP contribution in [0.5, 0.6) is 0 Å². The van der Waals surface area contributed by atoms with Gasteiger partial charge in [0, 0.05) is 34.7 Å². The first-order valence-electron chi connectivity index (χ1n) is 6.66. The molecule has 0 aliphatic heterocycles. The molecule has 1 aromatic carbocycles. The Hall–Kier alpha value is -2.18. The SMILES string of the molecule is FC(F)(F)c1cnc(-c2cnc(-c3ccc(Cl)cc3)nc2)c(Cl)c1. The first-order valence-corrected chi connectivity index (χ1v) is 7.41. The number of rotatable bonds is 2. The van der Waals surface area contributed by atoms with E-state index in [2.05, 4.69) is 15.0 Å². The van der Waals surface area contributed by atoms with Crippen LogP contribution in [0.15, 0.2) is 48.9 Å². The van der Waals surface area contributed by atoms with Gasteiger partial charge in [0.15, 0.2) is 5.82 Å². The topological polar surface area (TPSA) is 38.7 Å². The van der Waals surface area contributed by atoms with Crippen molar-refractivity contribution in [2.24, 2.45) is 0 Å². The van der Waals surface area contributed by atoms with Gasteiger partial charge in [-0.1, -0.05) is 23.2 Å². The molecule has 0 saturated heterocycles. The van der Waals surface area contributed by atoms with Gasteiger partial charge in [-0.05, 0) is 30.3 Å². The Kier molecular flexibility index (Phi) is 4.43. The van der Waals surface area contributed by atoms with Crippen molar-refractivity contribution >= 4 is 23.2 Å². The maximum Gasteiger partial charge on any atom is 0.417 e. The van der Waals surface area contributed by atoms with Crippen LogP contribution >= 0.6 is 23.2 Å². The van der Waals surface area contributed by atoms with Crippen molar-refractivity contribution < 1.29 is 13.2 Å². The predicted octanol–water partition coefficient (Wildman–Crippen LogP) is 5.53. The zero-order valence-corrected chi connectivity index (χ0v) is 13.4. The molecular formula is C16H8Cl2F3N3. The van der Waals surface area contributed by atoms with Crippen LogP contribution in [0.2, 0.25) is 10.0 Å². The van der Waals surface area contributed by atoms with E-state index in [9.17, 15) is 13.2 Å². The van der Waals surface area contributed by atoms with Crippen molar-refractivity contribution in [2.75, 3.05) is 0 Å². The largest absolute Gasteiger partial charge is 0.417 e. The zero-order chi connectivity index (χ0) is 17.3. The summed E-state index contributed by atoms with van der Waals surface area (Å²) in [4.78, 5) is 12.2. The van der Waals surface area contributed by atoms with E-state index in [-0.39, 0.29) is 10.7 Å². The van der Waals surface area contributed by atoms with E-state index in [1.807, 2.05) is 0 Å². The molecule has 0 fully saturated rings. The summed E-state index contributed by atoms with van der Waals surface area (Å²) in [6.07, 6.45) is -0.852. The van der Waals surface area contributed by atoms with Gasteiger partial charge in [-0.25, -0.2) is 9.97 Å². The molecule has 0 radical (unpaired) electrons. The number of hydrogen-bond donors (Lipinski definition) is 0. The normalized spacial score (nSPS) is 11.5. The smallest absolute Gasteiger partial charge is 0.254 e. The van der Waals surface area contributed by atoms with Crippen LogP contribution in [-0.2, 0) is 6.18 Å². The highest BCUT2D eigenvalue weighted by Crippen LogP contribution is 2.33. The standard InChI is InChI=1S/C16H8Cl2F3N3/c17-12-3-1-9(2-4-12)15-23-6-10(7-24-15)14-13(18)5-11(8-22-14)16(19,20)21/h1-8H. The van der Waals surface area contributed by atoms with Gasteiger partial charge in [0.25, 0.3) is 0 Å². The number of nitrogens with zero attached hydrogens (tertiary/aromatic N) is 3. The molecule has 2 aromatic heterocycles. The van der Waals surface area contributed by atoms with Crippen LogP contribution in [0.3, 0.4) is 0 Å².